The van der Waals surface area contributed by atoms with Crippen molar-refractivity contribution in [2.24, 2.45) is 0 Å². The second kappa shape index (κ2) is 7.18. The van der Waals surface area contributed by atoms with E-state index < -0.39 is 0 Å². The predicted octanol–water partition coefficient (Wildman–Crippen LogP) is 2.83. The van der Waals surface area contributed by atoms with Gasteiger partial charge in [-0.15, -0.1) is 0 Å². The van der Waals surface area contributed by atoms with E-state index in [9.17, 15) is 4.79 Å². The van der Waals surface area contributed by atoms with Gasteiger partial charge in [-0.05, 0) is 17.7 Å². The molecule has 0 aliphatic carbocycles. The monoisotopic (exact) mass is 302 g/mol. The number of ether oxygens (including phenoxy) is 1. The smallest absolute Gasteiger partial charge is 0.315 e. The largest absolute Gasteiger partial charge is 0.426 e. The van der Waals surface area contributed by atoms with Crippen LogP contribution in [0.1, 0.15) is 5.56 Å². The molecular weight excluding hydrogens is 291 g/mol. The Morgan fingerprint density at radius 1 is 0.882 bits per heavy atom. The Morgan fingerprint density at radius 3 is 2.00 bits per heavy atom. The molecule has 0 spiro atoms. The number of benzene rings is 2. The summed E-state index contributed by atoms with van der Waals surface area (Å²) in [5.41, 5.74) is 0.962. The van der Waals surface area contributed by atoms with Crippen LogP contribution >= 0.6 is 0 Å². The van der Waals surface area contributed by atoms with Gasteiger partial charge in [0.15, 0.2) is 0 Å². The van der Waals surface area contributed by atoms with Gasteiger partial charge in [0.2, 0.25) is 0 Å². The van der Waals surface area contributed by atoms with Gasteiger partial charge in [0.05, 0.1) is 6.42 Å². The van der Waals surface area contributed by atoms with E-state index in [-0.39, 0.29) is 32.2 Å². The summed E-state index contributed by atoms with van der Waals surface area (Å²) in [4.78, 5) is 11.6. The number of carbonyl (C=O) groups excluding carboxylic acids is 1. The maximum Gasteiger partial charge on any atom is 0.315 e. The van der Waals surface area contributed by atoms with Gasteiger partial charge in [0.1, 0.15) is 5.75 Å². The van der Waals surface area contributed by atoms with E-state index in [1.165, 1.54) is 0 Å². The first-order chi connectivity index (χ1) is 7.84. The first-order valence-corrected chi connectivity index (χ1v) is 5.14. The van der Waals surface area contributed by atoms with Crippen molar-refractivity contribution in [3.8, 4) is 5.75 Å². The number of carbonyl (C=O) groups is 1. The van der Waals surface area contributed by atoms with Crippen LogP contribution < -0.4 is 4.74 Å². The maximum atomic E-state index is 11.6. The predicted molar refractivity (Wildman–Crippen MR) is 62.2 cm³/mol. The quantitative estimate of drug-likeness (QED) is 0.644. The number of para-hydroxylation sites is 1. The summed E-state index contributed by atoms with van der Waals surface area (Å²) >= 11 is 0. The molecule has 2 aromatic rings. The van der Waals surface area contributed by atoms with Crippen LogP contribution in [0.3, 0.4) is 0 Å². The van der Waals surface area contributed by atoms with E-state index >= 15 is 0 Å². The Hall–Kier alpha value is -1.21. The Balaban J connectivity index is 0.00000144. The van der Waals surface area contributed by atoms with Crippen LogP contribution in [0.4, 0.5) is 0 Å². The standard InChI is InChI=1S/C14H12O2.Zr/c15-14(11-12-7-3-1-4-8-12)16-13-9-5-2-6-10-13;/h1-10H,11H2;. The summed E-state index contributed by atoms with van der Waals surface area (Å²) in [5.74, 6) is 0.348. The summed E-state index contributed by atoms with van der Waals surface area (Å²) in [6, 6.07) is 18.7. The fraction of sp³-hybridized carbons (Fsp3) is 0.0714. The molecule has 0 bridgehead atoms. The van der Waals surface area contributed by atoms with E-state index in [1.54, 1.807) is 12.1 Å². The zero-order valence-electron chi connectivity index (χ0n) is 9.30. The van der Waals surface area contributed by atoms with Crippen molar-refractivity contribution in [3.05, 3.63) is 66.2 Å². The van der Waals surface area contributed by atoms with Crippen molar-refractivity contribution in [3.63, 3.8) is 0 Å². The minimum absolute atomic E-state index is 0. The Bertz CT molecular complexity index is 411. The van der Waals surface area contributed by atoms with Gasteiger partial charge in [-0.2, -0.15) is 0 Å². The van der Waals surface area contributed by atoms with Crippen LogP contribution in [0, 0.1) is 0 Å². The molecule has 0 saturated carbocycles. The summed E-state index contributed by atoms with van der Waals surface area (Å²) in [6.45, 7) is 0. The molecule has 0 aliphatic rings. The van der Waals surface area contributed by atoms with E-state index in [1.807, 2.05) is 48.5 Å². The van der Waals surface area contributed by atoms with Crippen LogP contribution in [0.5, 0.6) is 5.75 Å². The second-order valence-electron chi connectivity index (χ2n) is 3.45. The molecule has 0 aromatic heterocycles. The van der Waals surface area contributed by atoms with Crippen molar-refractivity contribution in [1.82, 2.24) is 0 Å². The maximum absolute atomic E-state index is 11.6. The fourth-order valence-corrected chi connectivity index (χ4v) is 1.42. The summed E-state index contributed by atoms with van der Waals surface area (Å²) in [7, 11) is 0. The first kappa shape index (κ1) is 13.9. The Labute approximate surface area is 120 Å². The molecule has 0 unspecified atom stereocenters. The average Bonchev–Trinajstić information content (AvgIpc) is 2.31. The molecule has 2 aromatic carbocycles. The summed E-state index contributed by atoms with van der Waals surface area (Å²) in [6.07, 6.45) is 0.301. The zero-order chi connectivity index (χ0) is 11.2. The molecule has 0 aliphatic heterocycles. The third kappa shape index (κ3) is 4.66. The molecule has 0 saturated heterocycles. The SMILES string of the molecule is O=C(Cc1ccccc1)Oc1ccccc1.[Zr]. The zero-order valence-corrected chi connectivity index (χ0v) is 11.8. The molecule has 84 valence electrons. The van der Waals surface area contributed by atoms with Gasteiger partial charge in [0, 0.05) is 26.2 Å². The molecule has 0 amide bonds. The number of rotatable bonds is 3. The molecule has 2 nitrogen and oxygen atoms in total. The molecule has 0 N–H and O–H groups in total. The van der Waals surface area contributed by atoms with E-state index in [4.69, 9.17) is 4.74 Å². The van der Waals surface area contributed by atoms with Crippen LogP contribution in [0.15, 0.2) is 60.7 Å². The third-order valence-electron chi connectivity index (χ3n) is 2.17. The molecule has 0 atom stereocenters. The molecule has 0 heterocycles. The Kier molecular flexibility index (Phi) is 5.86. The van der Waals surface area contributed by atoms with Gasteiger partial charge < -0.3 is 4.74 Å². The van der Waals surface area contributed by atoms with Gasteiger partial charge in [0.25, 0.3) is 0 Å². The fourth-order valence-electron chi connectivity index (χ4n) is 1.42. The Morgan fingerprint density at radius 2 is 1.41 bits per heavy atom. The summed E-state index contributed by atoms with van der Waals surface area (Å²) < 4.78 is 5.18. The second-order valence-corrected chi connectivity index (χ2v) is 3.45. The van der Waals surface area contributed by atoms with Crippen molar-refractivity contribution >= 4 is 5.97 Å². The van der Waals surface area contributed by atoms with Crippen molar-refractivity contribution < 1.29 is 35.7 Å². The molecule has 0 fully saturated rings. The van der Waals surface area contributed by atoms with Gasteiger partial charge in [-0.25, -0.2) is 0 Å². The van der Waals surface area contributed by atoms with Gasteiger partial charge in [-0.3, -0.25) is 4.79 Å². The molecular formula is C14H12O2Zr. The molecule has 17 heavy (non-hydrogen) atoms. The van der Waals surface area contributed by atoms with Crippen molar-refractivity contribution in [2.75, 3.05) is 0 Å². The van der Waals surface area contributed by atoms with Crippen LogP contribution in [0.25, 0.3) is 0 Å². The van der Waals surface area contributed by atoms with Crippen LogP contribution in [-0.2, 0) is 37.4 Å². The number of hydrogen-bond acceptors (Lipinski definition) is 2. The van der Waals surface area contributed by atoms with E-state index in [2.05, 4.69) is 0 Å². The minimum atomic E-state index is -0.239. The normalized spacial score (nSPS) is 9.18. The van der Waals surface area contributed by atoms with Crippen molar-refractivity contribution in [2.45, 2.75) is 6.42 Å². The summed E-state index contributed by atoms with van der Waals surface area (Å²) in [5, 5.41) is 0. The third-order valence-corrected chi connectivity index (χ3v) is 2.17. The van der Waals surface area contributed by atoms with Gasteiger partial charge >= 0.3 is 5.97 Å². The number of hydrogen-bond donors (Lipinski definition) is 0. The molecule has 0 radical (unpaired) electrons. The van der Waals surface area contributed by atoms with E-state index in [0.29, 0.717) is 12.2 Å². The van der Waals surface area contributed by atoms with Crippen molar-refractivity contribution in [1.29, 1.82) is 0 Å². The average molecular weight is 303 g/mol. The van der Waals surface area contributed by atoms with Gasteiger partial charge in [-0.1, -0.05) is 48.5 Å². The first-order valence-electron chi connectivity index (χ1n) is 5.14. The minimum Gasteiger partial charge on any atom is -0.426 e. The van der Waals surface area contributed by atoms with Crippen LogP contribution in [-0.4, -0.2) is 5.97 Å². The van der Waals surface area contributed by atoms with Crippen LogP contribution in [0.2, 0.25) is 0 Å². The topological polar surface area (TPSA) is 26.3 Å². The van der Waals surface area contributed by atoms with E-state index in [0.717, 1.165) is 5.56 Å². The molecule has 3 heteroatoms. The molecule has 2 rings (SSSR count). The number of esters is 1.